The van der Waals surface area contributed by atoms with Crippen LogP contribution in [0.3, 0.4) is 0 Å². The fourth-order valence-corrected chi connectivity index (χ4v) is 4.54. The Hall–Kier alpha value is -2.47. The second kappa shape index (κ2) is 6.44. The van der Waals surface area contributed by atoms with Gasteiger partial charge in [-0.25, -0.2) is 4.98 Å². The molecule has 2 aromatic heterocycles. The summed E-state index contributed by atoms with van der Waals surface area (Å²) >= 11 is 1.77. The SMILES string of the molecule is Cn1c(=O)c(C(=O)NCc2csc3c2CCCC3)nc2ccccc21. The van der Waals surface area contributed by atoms with E-state index in [9.17, 15) is 9.59 Å². The van der Waals surface area contributed by atoms with Crippen LogP contribution in [0.2, 0.25) is 0 Å². The van der Waals surface area contributed by atoms with Crippen molar-refractivity contribution in [2.45, 2.75) is 32.2 Å². The Labute approximate surface area is 149 Å². The average molecular weight is 353 g/mol. The average Bonchev–Trinajstić information content (AvgIpc) is 3.06. The van der Waals surface area contributed by atoms with Gasteiger partial charge in [-0.05, 0) is 54.3 Å². The first-order chi connectivity index (χ1) is 12.1. The lowest BCUT2D eigenvalue weighted by Gasteiger charge is -2.13. The Morgan fingerprint density at radius 1 is 1.28 bits per heavy atom. The molecule has 2 heterocycles. The van der Waals surface area contributed by atoms with Crippen LogP contribution in [0.1, 0.15) is 39.3 Å². The smallest absolute Gasteiger partial charge is 0.282 e. The summed E-state index contributed by atoms with van der Waals surface area (Å²) in [5, 5.41) is 5.00. The van der Waals surface area contributed by atoms with Crippen molar-refractivity contribution in [2.24, 2.45) is 7.05 Å². The predicted molar refractivity (Wildman–Crippen MR) is 99.1 cm³/mol. The number of aromatic nitrogens is 2. The van der Waals surface area contributed by atoms with Gasteiger partial charge in [0.25, 0.3) is 11.5 Å². The molecule has 1 N–H and O–H groups in total. The molecule has 3 aromatic rings. The van der Waals surface area contributed by atoms with E-state index in [0.29, 0.717) is 12.1 Å². The van der Waals surface area contributed by atoms with Crippen molar-refractivity contribution in [2.75, 3.05) is 0 Å². The van der Waals surface area contributed by atoms with Crippen LogP contribution in [-0.4, -0.2) is 15.5 Å². The monoisotopic (exact) mass is 353 g/mol. The van der Waals surface area contributed by atoms with Crippen LogP contribution in [0.15, 0.2) is 34.4 Å². The summed E-state index contributed by atoms with van der Waals surface area (Å²) in [7, 11) is 1.67. The van der Waals surface area contributed by atoms with Gasteiger partial charge in [0.15, 0.2) is 5.69 Å². The molecular weight excluding hydrogens is 334 g/mol. The Morgan fingerprint density at radius 3 is 2.96 bits per heavy atom. The summed E-state index contributed by atoms with van der Waals surface area (Å²) in [4.78, 5) is 30.7. The number of fused-ring (bicyclic) bond motifs is 2. The first-order valence-electron chi connectivity index (χ1n) is 8.47. The number of aryl methyl sites for hydroxylation is 2. The Bertz CT molecular complexity index is 1020. The van der Waals surface area contributed by atoms with Crippen LogP contribution in [-0.2, 0) is 26.4 Å². The molecule has 1 aliphatic rings. The zero-order valence-corrected chi connectivity index (χ0v) is 14.9. The number of amides is 1. The minimum Gasteiger partial charge on any atom is -0.346 e. The van der Waals surface area contributed by atoms with E-state index >= 15 is 0 Å². The zero-order chi connectivity index (χ0) is 17.4. The summed E-state index contributed by atoms with van der Waals surface area (Å²) in [5.74, 6) is -0.415. The van der Waals surface area contributed by atoms with Crippen LogP contribution in [0.5, 0.6) is 0 Å². The van der Waals surface area contributed by atoms with Crippen LogP contribution >= 0.6 is 11.3 Å². The molecular formula is C19H19N3O2S. The lowest BCUT2D eigenvalue weighted by atomic mass is 9.96. The van der Waals surface area contributed by atoms with Gasteiger partial charge in [-0.3, -0.25) is 9.59 Å². The van der Waals surface area contributed by atoms with Gasteiger partial charge in [0, 0.05) is 18.5 Å². The lowest BCUT2D eigenvalue weighted by molar-refractivity contribution is 0.0944. The summed E-state index contributed by atoms with van der Waals surface area (Å²) < 4.78 is 1.48. The molecule has 0 bridgehead atoms. The molecule has 5 nitrogen and oxygen atoms in total. The number of nitrogens with zero attached hydrogens (tertiary/aromatic N) is 2. The van der Waals surface area contributed by atoms with Crippen LogP contribution in [0.4, 0.5) is 0 Å². The number of carbonyl (C=O) groups is 1. The largest absolute Gasteiger partial charge is 0.346 e. The van der Waals surface area contributed by atoms with Gasteiger partial charge in [-0.1, -0.05) is 12.1 Å². The fourth-order valence-electron chi connectivity index (χ4n) is 3.40. The van der Waals surface area contributed by atoms with Gasteiger partial charge in [0.05, 0.1) is 11.0 Å². The van der Waals surface area contributed by atoms with Gasteiger partial charge in [-0.15, -0.1) is 11.3 Å². The minimum absolute atomic E-state index is 0.0507. The quantitative estimate of drug-likeness (QED) is 0.787. The van der Waals surface area contributed by atoms with Crippen molar-refractivity contribution in [3.63, 3.8) is 0 Å². The molecule has 0 saturated carbocycles. The molecule has 128 valence electrons. The van der Waals surface area contributed by atoms with Crippen molar-refractivity contribution in [1.82, 2.24) is 14.9 Å². The van der Waals surface area contributed by atoms with Gasteiger partial charge >= 0.3 is 0 Å². The maximum absolute atomic E-state index is 12.5. The number of hydrogen-bond donors (Lipinski definition) is 1. The number of nitrogens with one attached hydrogen (secondary N) is 1. The third kappa shape index (κ3) is 2.87. The maximum atomic E-state index is 12.5. The van der Waals surface area contributed by atoms with E-state index in [1.54, 1.807) is 24.5 Å². The highest BCUT2D eigenvalue weighted by Gasteiger charge is 2.19. The second-order valence-corrected chi connectivity index (χ2v) is 7.33. The van der Waals surface area contributed by atoms with Crippen LogP contribution < -0.4 is 10.9 Å². The molecule has 0 aliphatic heterocycles. The molecule has 1 aliphatic carbocycles. The number of hydrogen-bond acceptors (Lipinski definition) is 4. The van der Waals surface area contributed by atoms with Gasteiger partial charge in [0.1, 0.15) is 0 Å². The molecule has 6 heteroatoms. The fraction of sp³-hybridized carbons (Fsp3) is 0.316. The van der Waals surface area contributed by atoms with E-state index in [0.717, 1.165) is 18.4 Å². The highest BCUT2D eigenvalue weighted by atomic mass is 32.1. The van der Waals surface area contributed by atoms with Crippen molar-refractivity contribution >= 4 is 28.3 Å². The molecule has 0 unspecified atom stereocenters. The maximum Gasteiger partial charge on any atom is 0.282 e. The minimum atomic E-state index is -0.415. The van der Waals surface area contributed by atoms with E-state index < -0.39 is 5.91 Å². The number of carbonyl (C=O) groups excluding carboxylic acids is 1. The number of thiophene rings is 1. The molecule has 0 fully saturated rings. The van der Waals surface area contributed by atoms with Crippen LogP contribution in [0, 0.1) is 0 Å². The number of para-hydroxylation sites is 2. The summed E-state index contributed by atoms with van der Waals surface area (Å²) in [6.45, 7) is 0.447. The van der Waals surface area contributed by atoms with Crippen molar-refractivity contribution in [3.05, 3.63) is 61.7 Å². The molecule has 0 atom stereocenters. The van der Waals surface area contributed by atoms with E-state index in [2.05, 4.69) is 15.7 Å². The Morgan fingerprint density at radius 2 is 2.08 bits per heavy atom. The van der Waals surface area contributed by atoms with Crippen LogP contribution in [0.25, 0.3) is 11.0 Å². The van der Waals surface area contributed by atoms with Gasteiger partial charge in [0.2, 0.25) is 0 Å². The molecule has 4 rings (SSSR count). The third-order valence-electron chi connectivity index (χ3n) is 4.79. The Kier molecular flexibility index (Phi) is 4.13. The lowest BCUT2D eigenvalue weighted by Crippen LogP contribution is -2.33. The topological polar surface area (TPSA) is 64.0 Å². The van der Waals surface area contributed by atoms with Crippen molar-refractivity contribution < 1.29 is 4.79 Å². The normalized spacial score (nSPS) is 13.6. The van der Waals surface area contributed by atoms with E-state index in [1.165, 1.54) is 33.4 Å². The van der Waals surface area contributed by atoms with Crippen molar-refractivity contribution in [1.29, 1.82) is 0 Å². The number of rotatable bonds is 3. The Balaban J connectivity index is 1.59. The summed E-state index contributed by atoms with van der Waals surface area (Å²) in [5.41, 5.74) is 3.49. The summed E-state index contributed by atoms with van der Waals surface area (Å²) in [6.07, 6.45) is 4.68. The molecule has 0 spiro atoms. The predicted octanol–water partition coefficient (Wildman–Crippen LogP) is 2.80. The number of benzene rings is 1. The molecule has 25 heavy (non-hydrogen) atoms. The van der Waals surface area contributed by atoms with E-state index in [4.69, 9.17) is 0 Å². The highest BCUT2D eigenvalue weighted by molar-refractivity contribution is 7.10. The highest BCUT2D eigenvalue weighted by Crippen LogP contribution is 2.30. The first-order valence-corrected chi connectivity index (χ1v) is 9.35. The molecule has 1 aromatic carbocycles. The third-order valence-corrected chi connectivity index (χ3v) is 5.92. The summed E-state index contributed by atoms with van der Waals surface area (Å²) in [6, 6.07) is 7.33. The molecule has 0 radical (unpaired) electrons. The van der Waals surface area contributed by atoms with E-state index in [1.807, 2.05) is 18.2 Å². The molecule has 1 amide bonds. The van der Waals surface area contributed by atoms with Crippen molar-refractivity contribution in [3.8, 4) is 0 Å². The van der Waals surface area contributed by atoms with Gasteiger partial charge in [-0.2, -0.15) is 0 Å². The molecule has 0 saturated heterocycles. The van der Waals surface area contributed by atoms with Gasteiger partial charge < -0.3 is 9.88 Å². The van der Waals surface area contributed by atoms with E-state index in [-0.39, 0.29) is 11.3 Å². The standard InChI is InChI=1S/C19H19N3O2S/c1-22-15-8-4-3-7-14(15)21-17(19(22)24)18(23)20-10-12-11-25-16-9-5-2-6-13(12)16/h3-4,7-8,11H,2,5-6,9-10H2,1H3,(H,20,23). The zero-order valence-electron chi connectivity index (χ0n) is 14.0. The second-order valence-electron chi connectivity index (χ2n) is 6.37. The first kappa shape index (κ1) is 16.0.